The van der Waals surface area contributed by atoms with Crippen LogP contribution in [0, 0.1) is 0 Å². The molecule has 0 saturated carbocycles. The lowest BCUT2D eigenvalue weighted by atomic mass is 9.86. The molecule has 1 aliphatic heterocycles. The van der Waals surface area contributed by atoms with Gasteiger partial charge >= 0.3 is 12.3 Å². The van der Waals surface area contributed by atoms with Crippen molar-refractivity contribution in [3.8, 4) is 10.4 Å². The SMILES string of the molecule is CC(C)(C)c1cnc(N(C(=O)O)c2cc(N)cc(-c3cnc(N4CCCNC(=O)C4)s3)c2)nc1C(F)(F)F. The third kappa shape index (κ3) is 5.79. The number of carbonyl (C=O) groups excluding carboxylic acids is 1. The Labute approximate surface area is 220 Å². The van der Waals surface area contributed by atoms with E-state index in [0.717, 1.165) is 12.6 Å². The molecule has 14 heteroatoms. The number of amides is 2. The first kappa shape index (κ1) is 27.1. The first-order valence-electron chi connectivity index (χ1n) is 11.6. The highest BCUT2D eigenvalue weighted by Gasteiger charge is 2.40. The summed E-state index contributed by atoms with van der Waals surface area (Å²) in [5.41, 5.74) is 4.40. The van der Waals surface area contributed by atoms with Gasteiger partial charge in [-0.25, -0.2) is 24.6 Å². The fraction of sp³-hybridized carbons (Fsp3) is 0.375. The minimum Gasteiger partial charge on any atom is -0.464 e. The van der Waals surface area contributed by atoms with Gasteiger partial charge in [0.2, 0.25) is 11.9 Å². The first-order valence-corrected chi connectivity index (χ1v) is 12.4. The number of nitrogens with one attached hydrogen (secondary N) is 1. The molecule has 0 radical (unpaired) electrons. The number of nitrogen functional groups attached to an aromatic ring is 1. The molecule has 1 saturated heterocycles. The maximum Gasteiger partial charge on any atom is 0.433 e. The van der Waals surface area contributed by atoms with E-state index in [1.807, 2.05) is 4.90 Å². The highest BCUT2D eigenvalue weighted by atomic mass is 32.1. The number of thiazole rings is 1. The quantitative estimate of drug-likeness (QED) is 0.400. The second-order valence-corrected chi connectivity index (χ2v) is 10.8. The van der Waals surface area contributed by atoms with Gasteiger partial charge in [0.25, 0.3) is 0 Å². The van der Waals surface area contributed by atoms with Crippen LogP contribution in [0.25, 0.3) is 10.4 Å². The van der Waals surface area contributed by atoms with Crippen LogP contribution in [0.2, 0.25) is 0 Å². The van der Waals surface area contributed by atoms with Crippen molar-refractivity contribution in [3.63, 3.8) is 0 Å². The predicted molar refractivity (Wildman–Crippen MR) is 138 cm³/mol. The monoisotopic (exact) mass is 549 g/mol. The summed E-state index contributed by atoms with van der Waals surface area (Å²) in [5, 5.41) is 13.4. The van der Waals surface area contributed by atoms with Gasteiger partial charge in [-0.3, -0.25) is 4.79 Å². The Hall–Kier alpha value is -3.94. The van der Waals surface area contributed by atoms with E-state index in [2.05, 4.69) is 20.3 Å². The van der Waals surface area contributed by atoms with Gasteiger partial charge in [-0.1, -0.05) is 32.1 Å². The zero-order valence-electron chi connectivity index (χ0n) is 20.8. The number of hydrogen-bond donors (Lipinski definition) is 3. The van der Waals surface area contributed by atoms with Gasteiger partial charge in [-0.15, -0.1) is 0 Å². The van der Waals surface area contributed by atoms with E-state index in [1.54, 1.807) is 33.0 Å². The Balaban J connectivity index is 1.75. The Morgan fingerprint density at radius 2 is 1.92 bits per heavy atom. The summed E-state index contributed by atoms with van der Waals surface area (Å²) in [5.74, 6) is -0.770. The molecule has 0 aliphatic carbocycles. The smallest absolute Gasteiger partial charge is 0.433 e. The van der Waals surface area contributed by atoms with E-state index >= 15 is 0 Å². The van der Waals surface area contributed by atoms with Crippen LogP contribution in [-0.2, 0) is 16.4 Å². The minimum absolute atomic E-state index is 0.0340. The molecule has 2 aromatic heterocycles. The molecule has 0 bridgehead atoms. The Bertz CT molecular complexity index is 1370. The third-order valence-electron chi connectivity index (χ3n) is 5.75. The van der Waals surface area contributed by atoms with Gasteiger partial charge in [-0.05, 0) is 35.6 Å². The standard InChI is InChI=1S/C24H26F3N7O3S/c1-23(2,3)16-10-30-20(32-19(16)24(25,26)27)34(22(36)37)15-8-13(7-14(28)9-15)17-11-31-21(38-17)33-6-4-5-29-18(35)12-33/h7-11H,4-6,12,28H2,1-3H3,(H,29,35)(H,36,37). The molecule has 10 nitrogen and oxygen atoms in total. The molecule has 4 N–H and O–H groups in total. The van der Waals surface area contributed by atoms with Crippen LogP contribution in [0.15, 0.2) is 30.6 Å². The fourth-order valence-corrected chi connectivity index (χ4v) is 4.90. The molecular weight excluding hydrogens is 523 g/mol. The van der Waals surface area contributed by atoms with Crippen LogP contribution in [0.4, 0.5) is 40.4 Å². The lowest BCUT2D eigenvalue weighted by Crippen LogP contribution is -2.32. The molecule has 3 heterocycles. The second kappa shape index (κ2) is 10.1. The van der Waals surface area contributed by atoms with E-state index in [1.165, 1.54) is 23.5 Å². The molecule has 1 fully saturated rings. The highest BCUT2D eigenvalue weighted by Crippen LogP contribution is 2.39. The summed E-state index contributed by atoms with van der Waals surface area (Å²) in [6.45, 7) is 6.12. The number of anilines is 4. The molecule has 4 rings (SSSR count). The molecule has 202 valence electrons. The van der Waals surface area contributed by atoms with Crippen molar-refractivity contribution in [1.82, 2.24) is 20.3 Å². The van der Waals surface area contributed by atoms with Gasteiger partial charge in [0.15, 0.2) is 10.8 Å². The number of aromatic nitrogens is 3. The molecule has 3 aromatic rings. The highest BCUT2D eigenvalue weighted by molar-refractivity contribution is 7.18. The normalized spacial score (nSPS) is 14.7. The zero-order valence-corrected chi connectivity index (χ0v) is 21.7. The summed E-state index contributed by atoms with van der Waals surface area (Å²) >= 11 is 1.28. The Kier molecular flexibility index (Phi) is 7.19. The van der Waals surface area contributed by atoms with Crippen LogP contribution < -0.4 is 20.9 Å². The van der Waals surface area contributed by atoms with Crippen molar-refractivity contribution < 1.29 is 27.9 Å². The van der Waals surface area contributed by atoms with Crippen LogP contribution in [0.5, 0.6) is 0 Å². The number of carboxylic acid groups (broad SMARTS) is 1. The number of hydrogen-bond acceptors (Lipinski definition) is 8. The number of alkyl halides is 3. The van der Waals surface area contributed by atoms with E-state index in [4.69, 9.17) is 5.73 Å². The molecule has 0 atom stereocenters. The largest absolute Gasteiger partial charge is 0.464 e. The summed E-state index contributed by atoms with van der Waals surface area (Å²) in [6, 6.07) is 4.37. The van der Waals surface area contributed by atoms with Crippen molar-refractivity contribution in [2.24, 2.45) is 0 Å². The average Bonchev–Trinajstić information content (AvgIpc) is 3.20. The Morgan fingerprint density at radius 3 is 2.58 bits per heavy atom. The number of nitrogens with zero attached hydrogens (tertiary/aromatic N) is 5. The van der Waals surface area contributed by atoms with E-state index in [-0.39, 0.29) is 29.4 Å². The number of benzene rings is 1. The summed E-state index contributed by atoms with van der Waals surface area (Å²) in [6.07, 6.45) is -3.08. The van der Waals surface area contributed by atoms with Gasteiger partial charge in [0, 0.05) is 36.7 Å². The average molecular weight is 550 g/mol. The van der Waals surface area contributed by atoms with Crippen molar-refractivity contribution >= 4 is 45.8 Å². The first-order chi connectivity index (χ1) is 17.7. The summed E-state index contributed by atoms with van der Waals surface area (Å²) in [4.78, 5) is 39.2. The number of carbonyl (C=O) groups is 2. The van der Waals surface area contributed by atoms with Crippen molar-refractivity contribution in [2.75, 3.05) is 35.2 Å². The topological polar surface area (TPSA) is 138 Å². The fourth-order valence-electron chi connectivity index (χ4n) is 3.98. The zero-order chi connectivity index (χ0) is 27.8. The van der Waals surface area contributed by atoms with E-state index in [9.17, 15) is 27.9 Å². The molecule has 0 spiro atoms. The molecule has 1 aromatic carbocycles. The molecule has 2 amide bonds. The number of nitrogens with two attached hydrogens (primary N) is 1. The number of halogens is 3. The Morgan fingerprint density at radius 1 is 1.18 bits per heavy atom. The van der Waals surface area contributed by atoms with Crippen molar-refractivity contribution in [1.29, 1.82) is 0 Å². The van der Waals surface area contributed by atoms with Crippen LogP contribution in [0.1, 0.15) is 38.4 Å². The molecular formula is C24H26F3N7O3S. The van der Waals surface area contributed by atoms with E-state index < -0.39 is 29.3 Å². The van der Waals surface area contributed by atoms with Gasteiger partial charge in [0.05, 0.1) is 17.1 Å². The maximum absolute atomic E-state index is 13.9. The minimum atomic E-state index is -4.82. The lowest BCUT2D eigenvalue weighted by Gasteiger charge is -2.25. The molecule has 0 unspecified atom stereocenters. The van der Waals surface area contributed by atoms with Crippen LogP contribution in [-0.4, -0.2) is 51.7 Å². The summed E-state index contributed by atoms with van der Waals surface area (Å²) in [7, 11) is 0. The maximum atomic E-state index is 13.9. The van der Waals surface area contributed by atoms with Crippen molar-refractivity contribution in [3.05, 3.63) is 41.9 Å². The third-order valence-corrected chi connectivity index (χ3v) is 6.86. The van der Waals surface area contributed by atoms with Crippen LogP contribution in [0.3, 0.4) is 0 Å². The van der Waals surface area contributed by atoms with Gasteiger partial charge in [-0.2, -0.15) is 13.2 Å². The van der Waals surface area contributed by atoms with E-state index in [0.29, 0.717) is 33.6 Å². The van der Waals surface area contributed by atoms with Crippen molar-refractivity contribution in [2.45, 2.75) is 38.8 Å². The van der Waals surface area contributed by atoms with Gasteiger partial charge < -0.3 is 21.1 Å². The lowest BCUT2D eigenvalue weighted by molar-refractivity contribution is -0.142. The van der Waals surface area contributed by atoms with Gasteiger partial charge in [0.1, 0.15) is 0 Å². The molecule has 38 heavy (non-hydrogen) atoms. The molecule has 1 aliphatic rings. The summed E-state index contributed by atoms with van der Waals surface area (Å²) < 4.78 is 41.6. The predicted octanol–water partition coefficient (Wildman–Crippen LogP) is 4.64. The van der Waals surface area contributed by atoms with Crippen LogP contribution >= 0.6 is 11.3 Å². The number of rotatable bonds is 4. The second-order valence-electron chi connectivity index (χ2n) is 9.74.